The maximum absolute atomic E-state index is 8.90. The van der Waals surface area contributed by atoms with E-state index in [1.54, 1.807) is 0 Å². The van der Waals surface area contributed by atoms with Gasteiger partial charge in [0.05, 0.1) is 39.6 Å². The molecule has 2 N–H and O–H groups in total. The Balaban J connectivity index is 0.000000221. The zero-order valence-corrected chi connectivity index (χ0v) is 37.7. The van der Waals surface area contributed by atoms with Crippen molar-refractivity contribution >= 4 is 0 Å². The summed E-state index contributed by atoms with van der Waals surface area (Å²) in [7, 11) is 0. The first kappa shape index (κ1) is 46.5. The Morgan fingerprint density at radius 1 is 0.569 bits per heavy atom. The highest BCUT2D eigenvalue weighted by atomic mass is 16.5. The second kappa shape index (κ2) is 22.4. The fraction of sp³-hybridized carbons (Fsp3) is 0.760. The standard InChI is InChI=1S/2C25H40O4/c2*1-5-6-7-8-19-16-22(28-14-13-27-12-11-26)24-20-15-18(2)9-10-21(20)25(3,4)29-23(24)17-19/h2*16-18,20-21,26H,5-15H2,1-4H3/t18-,20+,21+;18-,20-,21-/m01/s1. The maximum Gasteiger partial charge on any atom is 0.127 e. The van der Waals surface area contributed by atoms with Crippen LogP contribution in [0, 0.1) is 23.7 Å². The molecule has 2 saturated carbocycles. The molecule has 2 aromatic carbocycles. The summed E-state index contributed by atoms with van der Waals surface area (Å²) in [6.07, 6.45) is 16.9. The smallest absolute Gasteiger partial charge is 0.127 e. The van der Waals surface area contributed by atoms with E-state index in [1.165, 1.54) is 99.3 Å². The Morgan fingerprint density at radius 2 is 0.983 bits per heavy atom. The van der Waals surface area contributed by atoms with Gasteiger partial charge >= 0.3 is 0 Å². The third-order valence-corrected chi connectivity index (χ3v) is 13.4. The first-order chi connectivity index (χ1) is 27.9. The first-order valence-electron chi connectivity index (χ1n) is 23.3. The largest absolute Gasteiger partial charge is 0.491 e. The van der Waals surface area contributed by atoms with E-state index in [0.29, 0.717) is 63.3 Å². The number of aliphatic hydroxyl groups is 2. The number of benzene rings is 2. The number of ether oxygens (including phenoxy) is 6. The van der Waals surface area contributed by atoms with E-state index >= 15 is 0 Å². The van der Waals surface area contributed by atoms with Gasteiger partial charge in [-0.25, -0.2) is 0 Å². The molecule has 4 aliphatic rings. The van der Waals surface area contributed by atoms with Crippen molar-refractivity contribution in [3.8, 4) is 23.0 Å². The normalized spacial score (nSPS) is 25.1. The molecule has 0 amide bonds. The average Bonchev–Trinajstić information content (AvgIpc) is 3.17. The van der Waals surface area contributed by atoms with Crippen LogP contribution in [0.15, 0.2) is 24.3 Å². The van der Waals surface area contributed by atoms with Crippen LogP contribution >= 0.6 is 0 Å². The SMILES string of the molecule is CCCCCc1cc(OCCOCCO)c2c(c1)OC(C)(C)[C@@H]1CC[C@@H](C)C[C@@H]21.CCCCCc1cc(OCCOCCO)c2c(c1)OC(C)(C)[C@@H]1CC[C@H](C)C[C@@H]21. The molecule has 2 aromatic rings. The van der Waals surface area contributed by atoms with Crippen molar-refractivity contribution in [1.29, 1.82) is 0 Å². The van der Waals surface area contributed by atoms with Crippen molar-refractivity contribution < 1.29 is 38.6 Å². The predicted octanol–water partition coefficient (Wildman–Crippen LogP) is 11.0. The van der Waals surface area contributed by atoms with Crippen LogP contribution in [0.3, 0.4) is 0 Å². The summed E-state index contributed by atoms with van der Waals surface area (Å²) in [5, 5.41) is 17.8. The topological polar surface area (TPSA) is 95.8 Å². The number of hydrogen-bond donors (Lipinski definition) is 2. The molecule has 0 bridgehead atoms. The highest BCUT2D eigenvalue weighted by Gasteiger charge is 2.48. The van der Waals surface area contributed by atoms with Gasteiger partial charge in [-0.15, -0.1) is 0 Å². The van der Waals surface area contributed by atoms with Gasteiger partial charge in [-0.2, -0.15) is 0 Å². The Kier molecular flexibility index (Phi) is 17.9. The van der Waals surface area contributed by atoms with Crippen LogP contribution in [0.25, 0.3) is 0 Å². The van der Waals surface area contributed by atoms with Crippen LogP contribution in [-0.4, -0.2) is 74.3 Å². The van der Waals surface area contributed by atoms with Gasteiger partial charge in [0, 0.05) is 23.0 Å². The first-order valence-corrected chi connectivity index (χ1v) is 23.3. The minimum atomic E-state index is -0.138. The molecule has 8 heteroatoms. The minimum absolute atomic E-state index is 0.0485. The third kappa shape index (κ3) is 12.3. The summed E-state index contributed by atoms with van der Waals surface area (Å²) < 4.78 is 36.6. The molecule has 2 heterocycles. The molecule has 8 nitrogen and oxygen atoms in total. The molecule has 0 spiro atoms. The Labute approximate surface area is 352 Å². The van der Waals surface area contributed by atoms with E-state index < -0.39 is 0 Å². The number of unbranched alkanes of at least 4 members (excludes halogenated alkanes) is 4. The van der Waals surface area contributed by atoms with Crippen LogP contribution in [0.5, 0.6) is 23.0 Å². The molecule has 0 unspecified atom stereocenters. The van der Waals surface area contributed by atoms with Crippen molar-refractivity contribution in [3.05, 3.63) is 46.5 Å². The fourth-order valence-corrected chi connectivity index (χ4v) is 10.4. The minimum Gasteiger partial charge on any atom is -0.491 e. The summed E-state index contributed by atoms with van der Waals surface area (Å²) in [5.41, 5.74) is 4.90. The summed E-state index contributed by atoms with van der Waals surface area (Å²) >= 11 is 0. The average molecular weight is 809 g/mol. The summed E-state index contributed by atoms with van der Waals surface area (Å²) in [6, 6.07) is 9.05. The lowest BCUT2D eigenvalue weighted by Gasteiger charge is -2.49. The lowest BCUT2D eigenvalue weighted by atomic mass is 9.64. The van der Waals surface area contributed by atoms with E-state index in [9.17, 15) is 0 Å². The molecule has 2 fully saturated rings. The zero-order valence-electron chi connectivity index (χ0n) is 37.7. The molecule has 2 aliphatic heterocycles. The molecular formula is C50H80O8. The second-order valence-electron chi connectivity index (χ2n) is 19.0. The summed E-state index contributed by atoms with van der Waals surface area (Å²) in [6.45, 7) is 21.1. The van der Waals surface area contributed by atoms with Gasteiger partial charge in [0.2, 0.25) is 0 Å². The fourth-order valence-electron chi connectivity index (χ4n) is 10.4. The maximum atomic E-state index is 8.90. The lowest BCUT2D eigenvalue weighted by Crippen LogP contribution is -2.46. The number of aryl methyl sites for hydroxylation is 2. The van der Waals surface area contributed by atoms with Gasteiger partial charge in [-0.05, 0) is 138 Å². The zero-order chi connectivity index (χ0) is 41.7. The molecule has 328 valence electrons. The molecule has 0 saturated heterocycles. The van der Waals surface area contributed by atoms with Crippen molar-refractivity contribution in [3.63, 3.8) is 0 Å². The molecule has 2 aliphatic carbocycles. The Bertz CT molecular complexity index is 1420. The van der Waals surface area contributed by atoms with Gasteiger partial charge in [0.15, 0.2) is 0 Å². The van der Waals surface area contributed by atoms with E-state index in [2.05, 4.69) is 79.7 Å². The second-order valence-corrected chi connectivity index (χ2v) is 19.0. The van der Waals surface area contributed by atoms with Crippen molar-refractivity contribution in [2.75, 3.05) is 52.9 Å². The quantitative estimate of drug-likeness (QED) is 0.128. The molecule has 58 heavy (non-hydrogen) atoms. The van der Waals surface area contributed by atoms with Gasteiger partial charge in [-0.3, -0.25) is 0 Å². The van der Waals surface area contributed by atoms with Gasteiger partial charge in [0.1, 0.15) is 47.4 Å². The monoisotopic (exact) mass is 809 g/mol. The van der Waals surface area contributed by atoms with Crippen molar-refractivity contribution in [1.82, 2.24) is 0 Å². The molecular weight excluding hydrogens is 729 g/mol. The van der Waals surface area contributed by atoms with Gasteiger partial charge < -0.3 is 38.6 Å². The van der Waals surface area contributed by atoms with Gasteiger partial charge in [0.25, 0.3) is 0 Å². The Hall–Kier alpha value is -2.52. The molecule has 0 aromatic heterocycles. The van der Waals surface area contributed by atoms with E-state index in [1.807, 2.05) is 0 Å². The highest BCUT2D eigenvalue weighted by Crippen LogP contribution is 2.57. The van der Waals surface area contributed by atoms with E-state index in [0.717, 1.165) is 47.7 Å². The Morgan fingerprint density at radius 3 is 1.36 bits per heavy atom. The predicted molar refractivity (Wildman–Crippen MR) is 234 cm³/mol. The van der Waals surface area contributed by atoms with Crippen molar-refractivity contribution in [2.45, 2.75) is 168 Å². The summed E-state index contributed by atoms with van der Waals surface area (Å²) in [4.78, 5) is 0. The molecule has 0 radical (unpaired) electrons. The number of aliphatic hydroxyl groups excluding tert-OH is 2. The molecule has 6 rings (SSSR count). The number of hydrogen-bond acceptors (Lipinski definition) is 8. The summed E-state index contributed by atoms with van der Waals surface area (Å²) in [5.74, 6) is 7.57. The van der Waals surface area contributed by atoms with Crippen LogP contribution in [-0.2, 0) is 22.3 Å². The van der Waals surface area contributed by atoms with Crippen LogP contribution < -0.4 is 18.9 Å². The number of rotatable bonds is 20. The van der Waals surface area contributed by atoms with E-state index in [-0.39, 0.29) is 24.4 Å². The number of fused-ring (bicyclic) bond motifs is 6. The van der Waals surface area contributed by atoms with Gasteiger partial charge in [-0.1, -0.05) is 66.2 Å². The third-order valence-electron chi connectivity index (χ3n) is 13.4. The van der Waals surface area contributed by atoms with Crippen molar-refractivity contribution in [2.24, 2.45) is 23.7 Å². The van der Waals surface area contributed by atoms with Crippen LogP contribution in [0.2, 0.25) is 0 Å². The van der Waals surface area contributed by atoms with E-state index in [4.69, 9.17) is 38.6 Å². The lowest BCUT2D eigenvalue weighted by molar-refractivity contribution is -0.0155. The molecule has 6 atom stereocenters. The van der Waals surface area contributed by atoms with Crippen LogP contribution in [0.4, 0.5) is 0 Å². The highest BCUT2D eigenvalue weighted by molar-refractivity contribution is 5.54. The van der Waals surface area contributed by atoms with Crippen LogP contribution in [0.1, 0.15) is 167 Å².